The van der Waals surface area contributed by atoms with Gasteiger partial charge in [0, 0.05) is 19.7 Å². The van der Waals surface area contributed by atoms with E-state index in [1.807, 2.05) is 0 Å². The van der Waals surface area contributed by atoms with E-state index in [2.05, 4.69) is 11.8 Å². The first-order chi connectivity index (χ1) is 7.70. The standard InChI is InChI=1S/C12H25NO3/c1-2-3-4-5-8-13(9-6-11-14)10-7-12(15)16/h14H,2-11H2,1H3,(H,15,16). The minimum Gasteiger partial charge on any atom is -0.481 e. The van der Waals surface area contributed by atoms with Crippen molar-refractivity contribution in [2.24, 2.45) is 0 Å². The van der Waals surface area contributed by atoms with Crippen LogP contribution in [0, 0.1) is 0 Å². The number of unbranched alkanes of at least 4 members (excludes halogenated alkanes) is 3. The Morgan fingerprint density at radius 2 is 1.75 bits per heavy atom. The lowest BCUT2D eigenvalue weighted by Gasteiger charge is -2.20. The molecule has 0 heterocycles. The number of aliphatic hydroxyl groups excluding tert-OH is 1. The molecule has 0 aliphatic rings. The van der Waals surface area contributed by atoms with Crippen molar-refractivity contribution in [3.8, 4) is 0 Å². The largest absolute Gasteiger partial charge is 0.481 e. The molecule has 0 radical (unpaired) electrons. The van der Waals surface area contributed by atoms with Gasteiger partial charge in [0.05, 0.1) is 6.42 Å². The van der Waals surface area contributed by atoms with Crippen LogP contribution in [0.4, 0.5) is 0 Å². The van der Waals surface area contributed by atoms with Crippen LogP contribution >= 0.6 is 0 Å². The molecule has 0 aromatic heterocycles. The fourth-order valence-corrected chi connectivity index (χ4v) is 1.65. The van der Waals surface area contributed by atoms with Gasteiger partial charge in [0.15, 0.2) is 0 Å². The van der Waals surface area contributed by atoms with E-state index < -0.39 is 5.97 Å². The van der Waals surface area contributed by atoms with Gasteiger partial charge in [0.1, 0.15) is 0 Å². The highest BCUT2D eigenvalue weighted by Crippen LogP contribution is 2.03. The molecule has 0 aromatic rings. The van der Waals surface area contributed by atoms with Crippen molar-refractivity contribution < 1.29 is 15.0 Å². The molecule has 2 N–H and O–H groups in total. The highest BCUT2D eigenvalue weighted by molar-refractivity contribution is 5.66. The van der Waals surface area contributed by atoms with Crippen LogP contribution in [0.25, 0.3) is 0 Å². The molecule has 4 nitrogen and oxygen atoms in total. The topological polar surface area (TPSA) is 60.8 Å². The van der Waals surface area contributed by atoms with Gasteiger partial charge in [-0.15, -0.1) is 0 Å². The van der Waals surface area contributed by atoms with E-state index in [1.54, 1.807) is 0 Å². The predicted molar refractivity (Wildman–Crippen MR) is 64.5 cm³/mol. The summed E-state index contributed by atoms with van der Waals surface area (Å²) in [4.78, 5) is 12.6. The molecule has 4 heteroatoms. The number of hydrogen-bond acceptors (Lipinski definition) is 3. The van der Waals surface area contributed by atoms with Gasteiger partial charge >= 0.3 is 5.97 Å². The normalized spacial score (nSPS) is 10.9. The van der Waals surface area contributed by atoms with Crippen molar-refractivity contribution >= 4 is 5.97 Å². The summed E-state index contributed by atoms with van der Waals surface area (Å²) in [6.07, 6.45) is 5.71. The number of hydrogen-bond donors (Lipinski definition) is 2. The molecule has 0 aromatic carbocycles. The van der Waals surface area contributed by atoms with Gasteiger partial charge in [-0.1, -0.05) is 26.2 Å². The molecule has 0 aliphatic heterocycles. The van der Waals surface area contributed by atoms with Crippen LogP contribution < -0.4 is 0 Å². The van der Waals surface area contributed by atoms with Gasteiger partial charge in [-0.05, 0) is 19.4 Å². The summed E-state index contributed by atoms with van der Waals surface area (Å²) in [6.45, 7) is 4.71. The van der Waals surface area contributed by atoms with Crippen LogP contribution in [0.3, 0.4) is 0 Å². The zero-order valence-corrected chi connectivity index (χ0v) is 10.3. The zero-order valence-electron chi connectivity index (χ0n) is 10.3. The highest BCUT2D eigenvalue weighted by Gasteiger charge is 2.06. The molecule has 0 rings (SSSR count). The Balaban J connectivity index is 3.66. The quantitative estimate of drug-likeness (QED) is 0.532. The molecule has 0 aliphatic carbocycles. The summed E-state index contributed by atoms with van der Waals surface area (Å²) in [6, 6.07) is 0. The van der Waals surface area contributed by atoms with Crippen molar-refractivity contribution in [2.75, 3.05) is 26.2 Å². The Kier molecular flexibility index (Phi) is 10.5. The number of aliphatic carboxylic acids is 1. The summed E-state index contributed by atoms with van der Waals surface area (Å²) >= 11 is 0. The number of carbonyl (C=O) groups is 1. The summed E-state index contributed by atoms with van der Waals surface area (Å²) < 4.78 is 0. The molecular weight excluding hydrogens is 206 g/mol. The van der Waals surface area contributed by atoms with Crippen molar-refractivity contribution in [1.82, 2.24) is 4.90 Å². The summed E-state index contributed by atoms with van der Waals surface area (Å²) in [5.74, 6) is -0.748. The Morgan fingerprint density at radius 1 is 1.06 bits per heavy atom. The Labute approximate surface area is 98.3 Å². The van der Waals surface area contributed by atoms with Crippen LogP contribution in [0.1, 0.15) is 45.4 Å². The number of nitrogens with zero attached hydrogens (tertiary/aromatic N) is 1. The maximum absolute atomic E-state index is 10.5. The lowest BCUT2D eigenvalue weighted by molar-refractivity contribution is -0.137. The maximum atomic E-state index is 10.5. The second-order valence-electron chi connectivity index (χ2n) is 4.12. The Morgan fingerprint density at radius 3 is 2.31 bits per heavy atom. The molecule has 0 fully saturated rings. The average molecular weight is 231 g/mol. The lowest BCUT2D eigenvalue weighted by atomic mass is 10.2. The highest BCUT2D eigenvalue weighted by atomic mass is 16.4. The molecule has 0 atom stereocenters. The zero-order chi connectivity index (χ0) is 12.2. The molecular formula is C12H25NO3. The molecule has 0 bridgehead atoms. The van der Waals surface area contributed by atoms with E-state index in [1.165, 1.54) is 19.3 Å². The van der Waals surface area contributed by atoms with Crippen LogP contribution in [0.5, 0.6) is 0 Å². The van der Waals surface area contributed by atoms with Gasteiger partial charge in [-0.3, -0.25) is 4.79 Å². The third kappa shape index (κ3) is 9.93. The second kappa shape index (κ2) is 10.9. The summed E-state index contributed by atoms with van der Waals surface area (Å²) in [5.41, 5.74) is 0. The second-order valence-corrected chi connectivity index (χ2v) is 4.12. The summed E-state index contributed by atoms with van der Waals surface area (Å²) in [7, 11) is 0. The fourth-order valence-electron chi connectivity index (χ4n) is 1.65. The van der Waals surface area contributed by atoms with Crippen molar-refractivity contribution in [1.29, 1.82) is 0 Å². The molecule has 16 heavy (non-hydrogen) atoms. The number of carboxylic acid groups (broad SMARTS) is 1. The minimum absolute atomic E-state index is 0.179. The van der Waals surface area contributed by atoms with Gasteiger partial charge in [-0.2, -0.15) is 0 Å². The van der Waals surface area contributed by atoms with E-state index in [4.69, 9.17) is 10.2 Å². The number of aliphatic hydroxyl groups is 1. The van der Waals surface area contributed by atoms with E-state index in [9.17, 15) is 4.79 Å². The molecule has 0 saturated carbocycles. The van der Waals surface area contributed by atoms with Crippen molar-refractivity contribution in [3.05, 3.63) is 0 Å². The van der Waals surface area contributed by atoms with E-state index >= 15 is 0 Å². The molecule has 0 amide bonds. The third-order valence-electron chi connectivity index (χ3n) is 2.60. The first-order valence-electron chi connectivity index (χ1n) is 6.25. The fraction of sp³-hybridized carbons (Fsp3) is 0.917. The SMILES string of the molecule is CCCCCCN(CCCO)CCC(=O)O. The maximum Gasteiger partial charge on any atom is 0.304 e. The molecule has 0 unspecified atom stereocenters. The van der Waals surface area contributed by atoms with Crippen LogP contribution in [0.15, 0.2) is 0 Å². The van der Waals surface area contributed by atoms with Crippen molar-refractivity contribution in [2.45, 2.75) is 45.4 Å². The average Bonchev–Trinajstić information content (AvgIpc) is 2.26. The van der Waals surface area contributed by atoms with Crippen LogP contribution in [0.2, 0.25) is 0 Å². The Bertz CT molecular complexity index is 174. The van der Waals surface area contributed by atoms with E-state index in [0.29, 0.717) is 6.54 Å². The monoisotopic (exact) mass is 231 g/mol. The molecule has 0 saturated heterocycles. The van der Waals surface area contributed by atoms with Crippen molar-refractivity contribution in [3.63, 3.8) is 0 Å². The number of rotatable bonds is 11. The van der Waals surface area contributed by atoms with Gasteiger partial charge in [-0.25, -0.2) is 0 Å². The Hall–Kier alpha value is -0.610. The minimum atomic E-state index is -0.748. The van der Waals surface area contributed by atoms with Gasteiger partial charge < -0.3 is 15.1 Å². The molecule has 0 spiro atoms. The molecule has 96 valence electrons. The summed E-state index contributed by atoms with van der Waals surface area (Å²) in [5, 5.41) is 17.4. The van der Waals surface area contributed by atoms with Crippen LogP contribution in [-0.2, 0) is 4.79 Å². The van der Waals surface area contributed by atoms with Gasteiger partial charge in [0.2, 0.25) is 0 Å². The third-order valence-corrected chi connectivity index (χ3v) is 2.60. The first kappa shape index (κ1) is 15.4. The smallest absolute Gasteiger partial charge is 0.304 e. The first-order valence-corrected chi connectivity index (χ1v) is 6.25. The lowest BCUT2D eigenvalue weighted by Crippen LogP contribution is -2.29. The van der Waals surface area contributed by atoms with Gasteiger partial charge in [0.25, 0.3) is 0 Å². The van der Waals surface area contributed by atoms with E-state index in [-0.39, 0.29) is 13.0 Å². The predicted octanol–water partition coefficient (Wildman–Crippen LogP) is 1.73. The number of carboxylic acids is 1. The van der Waals surface area contributed by atoms with E-state index in [0.717, 1.165) is 25.9 Å². The van der Waals surface area contributed by atoms with Crippen LogP contribution in [-0.4, -0.2) is 47.3 Å².